The van der Waals surface area contributed by atoms with Crippen molar-refractivity contribution in [2.75, 3.05) is 18.4 Å². The van der Waals surface area contributed by atoms with Crippen LogP contribution in [0.25, 0.3) is 22.3 Å². The molecular weight excluding hydrogens is 448 g/mol. The Labute approximate surface area is 212 Å². The number of nitriles is 1. The van der Waals surface area contributed by atoms with Crippen molar-refractivity contribution in [2.24, 2.45) is 5.92 Å². The van der Waals surface area contributed by atoms with E-state index in [1.165, 1.54) is 51.0 Å². The standard InChI is InChI=1S/C26H31N7.C2H3N/c1-2-4-18(3-1)16-33-17-21(15-29-33)24-23-11-14-28-25(23)32-26(31-24)30-22-7-5-19(6-8-22)20-9-12-27-13-10-20;1-2-3/h5-8,11,14-15,17-18,20,27H,1-4,9-10,12-13,16H2,(H2,28,30,31,32);1H3. The maximum atomic E-state index is 7.32. The molecule has 1 aliphatic heterocycles. The first-order valence-corrected chi connectivity index (χ1v) is 13.0. The minimum atomic E-state index is 0.595. The predicted molar refractivity (Wildman–Crippen MR) is 143 cm³/mol. The first kappa shape index (κ1) is 24.0. The number of nitrogens with one attached hydrogen (secondary N) is 3. The molecule has 0 unspecified atom stereocenters. The molecule has 2 aliphatic rings. The van der Waals surface area contributed by atoms with Gasteiger partial charge in [0.15, 0.2) is 0 Å². The van der Waals surface area contributed by atoms with Gasteiger partial charge in [0.1, 0.15) is 5.65 Å². The average Bonchev–Trinajstić information content (AvgIpc) is 3.68. The Hall–Kier alpha value is -3.70. The lowest BCUT2D eigenvalue weighted by atomic mass is 9.90. The fraction of sp³-hybridized carbons (Fsp3) is 0.429. The molecule has 3 N–H and O–H groups in total. The van der Waals surface area contributed by atoms with E-state index >= 15 is 0 Å². The maximum absolute atomic E-state index is 7.32. The zero-order valence-electron chi connectivity index (χ0n) is 20.9. The zero-order valence-corrected chi connectivity index (χ0v) is 20.9. The number of aromatic amines is 1. The molecule has 1 saturated heterocycles. The highest BCUT2D eigenvalue weighted by Gasteiger charge is 2.18. The van der Waals surface area contributed by atoms with Crippen LogP contribution in [0.15, 0.2) is 48.9 Å². The van der Waals surface area contributed by atoms with Crippen LogP contribution in [0.2, 0.25) is 0 Å². The fourth-order valence-electron chi connectivity index (χ4n) is 5.38. The van der Waals surface area contributed by atoms with Crippen LogP contribution in [0.4, 0.5) is 11.6 Å². The third kappa shape index (κ3) is 5.58. The second-order valence-corrected chi connectivity index (χ2v) is 9.73. The van der Waals surface area contributed by atoms with Crippen molar-refractivity contribution in [3.8, 4) is 17.3 Å². The van der Waals surface area contributed by atoms with Gasteiger partial charge in [-0.25, -0.2) is 4.98 Å². The second-order valence-electron chi connectivity index (χ2n) is 9.73. The van der Waals surface area contributed by atoms with Crippen molar-refractivity contribution in [2.45, 2.75) is 57.9 Å². The van der Waals surface area contributed by atoms with Crippen molar-refractivity contribution >= 4 is 22.7 Å². The van der Waals surface area contributed by atoms with E-state index in [9.17, 15) is 0 Å². The van der Waals surface area contributed by atoms with Gasteiger partial charge in [0, 0.05) is 42.5 Å². The number of H-pyrrole nitrogens is 1. The molecule has 1 aromatic carbocycles. The Morgan fingerprint density at radius 2 is 1.81 bits per heavy atom. The number of piperidine rings is 1. The van der Waals surface area contributed by atoms with Crippen LogP contribution in [-0.2, 0) is 6.54 Å². The molecule has 1 aliphatic carbocycles. The molecule has 8 nitrogen and oxygen atoms in total. The molecule has 2 fully saturated rings. The predicted octanol–water partition coefficient (Wildman–Crippen LogP) is 5.75. The van der Waals surface area contributed by atoms with E-state index in [-0.39, 0.29) is 0 Å². The topological polar surface area (TPSA) is 107 Å². The van der Waals surface area contributed by atoms with E-state index < -0.39 is 0 Å². The van der Waals surface area contributed by atoms with Gasteiger partial charge < -0.3 is 15.6 Å². The van der Waals surface area contributed by atoms with E-state index in [0.29, 0.717) is 11.9 Å². The Bertz CT molecular complexity index is 1300. The van der Waals surface area contributed by atoms with E-state index in [1.807, 2.05) is 18.5 Å². The summed E-state index contributed by atoms with van der Waals surface area (Å²) in [6.07, 6.45) is 13.7. The highest BCUT2D eigenvalue weighted by atomic mass is 15.3. The lowest BCUT2D eigenvalue weighted by Gasteiger charge is -2.23. The van der Waals surface area contributed by atoms with Gasteiger partial charge in [-0.15, -0.1) is 0 Å². The number of hydrogen-bond donors (Lipinski definition) is 3. The van der Waals surface area contributed by atoms with Crippen LogP contribution in [0.3, 0.4) is 0 Å². The summed E-state index contributed by atoms with van der Waals surface area (Å²) in [7, 11) is 0. The number of hydrogen-bond acceptors (Lipinski definition) is 6. The van der Waals surface area contributed by atoms with Gasteiger partial charge in [0.05, 0.1) is 18.0 Å². The molecule has 0 bridgehead atoms. The van der Waals surface area contributed by atoms with E-state index in [0.717, 1.165) is 53.5 Å². The molecule has 4 heterocycles. The van der Waals surface area contributed by atoms with E-state index in [4.69, 9.17) is 15.2 Å². The summed E-state index contributed by atoms with van der Waals surface area (Å²) in [6, 6.07) is 12.5. The average molecular weight is 483 g/mol. The molecule has 6 rings (SSSR count). The summed E-state index contributed by atoms with van der Waals surface area (Å²) >= 11 is 0. The van der Waals surface area contributed by atoms with Crippen molar-refractivity contribution in [3.63, 3.8) is 0 Å². The Kier molecular flexibility index (Phi) is 7.58. The fourth-order valence-corrected chi connectivity index (χ4v) is 5.38. The number of nitrogens with zero attached hydrogens (tertiary/aromatic N) is 5. The molecule has 36 heavy (non-hydrogen) atoms. The summed E-state index contributed by atoms with van der Waals surface area (Å²) in [5.74, 6) is 2.00. The van der Waals surface area contributed by atoms with E-state index in [1.54, 1.807) is 6.07 Å². The molecular formula is C28H34N8. The van der Waals surface area contributed by atoms with Gasteiger partial charge >= 0.3 is 0 Å². The lowest BCUT2D eigenvalue weighted by molar-refractivity contribution is 0.429. The third-order valence-electron chi connectivity index (χ3n) is 7.22. The van der Waals surface area contributed by atoms with Crippen LogP contribution in [0, 0.1) is 17.2 Å². The van der Waals surface area contributed by atoms with Crippen molar-refractivity contribution in [1.29, 1.82) is 5.26 Å². The number of rotatable bonds is 6. The van der Waals surface area contributed by atoms with Crippen molar-refractivity contribution in [3.05, 3.63) is 54.5 Å². The Morgan fingerprint density at radius 1 is 1.06 bits per heavy atom. The number of aromatic nitrogens is 5. The summed E-state index contributed by atoms with van der Waals surface area (Å²) in [6.45, 7) is 4.64. The van der Waals surface area contributed by atoms with Crippen LogP contribution in [0.5, 0.6) is 0 Å². The van der Waals surface area contributed by atoms with Crippen LogP contribution >= 0.6 is 0 Å². The first-order valence-electron chi connectivity index (χ1n) is 13.0. The quantitative estimate of drug-likeness (QED) is 0.323. The van der Waals surface area contributed by atoms with Crippen LogP contribution in [0.1, 0.15) is 56.9 Å². The Balaban J connectivity index is 0.000000848. The maximum Gasteiger partial charge on any atom is 0.229 e. The van der Waals surface area contributed by atoms with Gasteiger partial charge in [0.2, 0.25) is 5.95 Å². The van der Waals surface area contributed by atoms with Crippen LogP contribution < -0.4 is 10.6 Å². The lowest BCUT2D eigenvalue weighted by Crippen LogP contribution is -2.26. The first-order chi connectivity index (χ1) is 17.7. The molecule has 0 radical (unpaired) electrons. The minimum Gasteiger partial charge on any atom is -0.346 e. The highest BCUT2D eigenvalue weighted by molar-refractivity contribution is 5.91. The largest absolute Gasteiger partial charge is 0.346 e. The third-order valence-corrected chi connectivity index (χ3v) is 7.22. The van der Waals surface area contributed by atoms with Gasteiger partial charge in [-0.1, -0.05) is 25.0 Å². The molecule has 1 saturated carbocycles. The molecule has 0 amide bonds. The van der Waals surface area contributed by atoms with Crippen molar-refractivity contribution < 1.29 is 0 Å². The molecule has 186 valence electrons. The van der Waals surface area contributed by atoms with Crippen molar-refractivity contribution in [1.82, 2.24) is 30.0 Å². The molecule has 0 spiro atoms. The minimum absolute atomic E-state index is 0.595. The highest BCUT2D eigenvalue weighted by Crippen LogP contribution is 2.30. The summed E-state index contributed by atoms with van der Waals surface area (Å²) in [5.41, 5.74) is 5.19. The molecule has 3 aromatic heterocycles. The summed E-state index contributed by atoms with van der Waals surface area (Å²) < 4.78 is 2.08. The Morgan fingerprint density at radius 3 is 2.56 bits per heavy atom. The molecule has 0 atom stereocenters. The number of fused-ring (bicyclic) bond motifs is 1. The summed E-state index contributed by atoms with van der Waals surface area (Å²) in [4.78, 5) is 12.8. The van der Waals surface area contributed by atoms with Gasteiger partial charge in [-0.2, -0.15) is 15.3 Å². The second kappa shape index (κ2) is 11.4. The van der Waals surface area contributed by atoms with E-state index in [2.05, 4.69) is 55.9 Å². The monoisotopic (exact) mass is 482 g/mol. The number of benzene rings is 1. The number of anilines is 2. The van der Waals surface area contributed by atoms with Gasteiger partial charge in [-0.3, -0.25) is 4.68 Å². The smallest absolute Gasteiger partial charge is 0.229 e. The van der Waals surface area contributed by atoms with Gasteiger partial charge in [-0.05, 0) is 74.4 Å². The molecule has 8 heteroatoms. The zero-order chi connectivity index (χ0) is 24.7. The normalized spacial score (nSPS) is 16.4. The SMILES string of the molecule is CC#N.c1cc2c(-c3cnn(CC4CCCC4)c3)nc(Nc3ccc(C4CCNCC4)cc3)nc2[nH]1. The van der Waals surface area contributed by atoms with Gasteiger partial charge in [0.25, 0.3) is 0 Å². The van der Waals surface area contributed by atoms with Crippen LogP contribution in [-0.4, -0.2) is 37.8 Å². The summed E-state index contributed by atoms with van der Waals surface area (Å²) in [5, 5.41) is 19.8. The molecule has 4 aromatic rings.